The summed E-state index contributed by atoms with van der Waals surface area (Å²) in [5.41, 5.74) is 0.362. The number of amides is 2. The lowest BCUT2D eigenvalue weighted by Crippen LogP contribution is -2.41. The monoisotopic (exact) mass is 322 g/mol. The quantitative estimate of drug-likeness (QED) is 0.633. The lowest BCUT2D eigenvalue weighted by molar-refractivity contribution is -0.137. The lowest BCUT2D eigenvalue weighted by Gasteiger charge is -2.14. The average molecular weight is 322 g/mol. The Morgan fingerprint density at radius 3 is 2.61 bits per heavy atom. The molecule has 0 spiro atoms. The summed E-state index contributed by atoms with van der Waals surface area (Å²) < 4.78 is 5.37. The lowest BCUT2D eigenvalue weighted by atomic mass is 10.2. The number of carbonyl (C=O) groups excluding carboxylic acids is 2. The molecule has 7 heteroatoms. The summed E-state index contributed by atoms with van der Waals surface area (Å²) in [6.07, 6.45) is 0.317. The predicted octanol–water partition coefficient (Wildman–Crippen LogP) is 1.18. The number of carboxylic acids is 1. The van der Waals surface area contributed by atoms with Crippen LogP contribution >= 0.6 is 0 Å². The zero-order valence-corrected chi connectivity index (χ0v) is 13.3. The molecule has 7 nitrogen and oxygen atoms in total. The second kappa shape index (κ2) is 9.45. The third kappa shape index (κ3) is 6.82. The standard InChI is InChI=1S/C16H22N2O5/c1-3-23-13-7-5-4-6-12(13)16(22)17-10-14(19)18-11(2)8-9-15(20)21/h4-7,11H,3,8-10H2,1-2H3,(H,17,22)(H,18,19)(H,20,21). The Bertz CT molecular complexity index is 559. The fourth-order valence-corrected chi connectivity index (χ4v) is 1.93. The van der Waals surface area contributed by atoms with Crippen molar-refractivity contribution in [1.29, 1.82) is 0 Å². The van der Waals surface area contributed by atoms with E-state index in [4.69, 9.17) is 9.84 Å². The van der Waals surface area contributed by atoms with Crippen molar-refractivity contribution in [2.24, 2.45) is 0 Å². The maximum absolute atomic E-state index is 12.1. The molecule has 0 aliphatic rings. The van der Waals surface area contributed by atoms with Crippen molar-refractivity contribution in [3.05, 3.63) is 29.8 Å². The fourth-order valence-electron chi connectivity index (χ4n) is 1.93. The van der Waals surface area contributed by atoms with Crippen molar-refractivity contribution in [2.75, 3.05) is 13.2 Å². The number of aliphatic carboxylic acids is 1. The van der Waals surface area contributed by atoms with Gasteiger partial charge in [-0.15, -0.1) is 0 Å². The van der Waals surface area contributed by atoms with Gasteiger partial charge in [0, 0.05) is 12.5 Å². The number of hydrogen-bond acceptors (Lipinski definition) is 4. The average Bonchev–Trinajstić information content (AvgIpc) is 2.51. The second-order valence-electron chi connectivity index (χ2n) is 5.01. The van der Waals surface area contributed by atoms with Gasteiger partial charge < -0.3 is 20.5 Å². The zero-order valence-electron chi connectivity index (χ0n) is 13.3. The minimum atomic E-state index is -0.910. The first-order valence-corrected chi connectivity index (χ1v) is 7.45. The second-order valence-corrected chi connectivity index (χ2v) is 5.01. The fraction of sp³-hybridized carbons (Fsp3) is 0.438. The minimum absolute atomic E-state index is 0.0183. The molecule has 0 saturated carbocycles. The van der Waals surface area contributed by atoms with Crippen LogP contribution in [0.15, 0.2) is 24.3 Å². The van der Waals surface area contributed by atoms with E-state index in [0.717, 1.165) is 0 Å². The number of nitrogens with one attached hydrogen (secondary N) is 2. The van der Waals surface area contributed by atoms with E-state index in [2.05, 4.69) is 10.6 Å². The molecule has 1 unspecified atom stereocenters. The number of benzene rings is 1. The highest BCUT2D eigenvalue weighted by atomic mass is 16.5. The molecule has 23 heavy (non-hydrogen) atoms. The predicted molar refractivity (Wildman–Crippen MR) is 84.4 cm³/mol. The van der Waals surface area contributed by atoms with Crippen LogP contribution in [0.2, 0.25) is 0 Å². The van der Waals surface area contributed by atoms with Gasteiger partial charge in [-0.25, -0.2) is 0 Å². The molecule has 0 bridgehead atoms. The van der Waals surface area contributed by atoms with Gasteiger partial charge in [-0.05, 0) is 32.4 Å². The molecule has 0 saturated heterocycles. The molecule has 0 aliphatic heterocycles. The van der Waals surface area contributed by atoms with E-state index in [1.165, 1.54) is 0 Å². The molecule has 0 aliphatic carbocycles. The van der Waals surface area contributed by atoms with Crippen LogP contribution in [0.3, 0.4) is 0 Å². The summed E-state index contributed by atoms with van der Waals surface area (Å²) in [4.78, 5) is 34.3. The van der Waals surface area contributed by atoms with Gasteiger partial charge >= 0.3 is 5.97 Å². The van der Waals surface area contributed by atoms with Gasteiger partial charge in [0.2, 0.25) is 5.91 Å². The van der Waals surface area contributed by atoms with E-state index >= 15 is 0 Å². The minimum Gasteiger partial charge on any atom is -0.493 e. The Hall–Kier alpha value is -2.57. The molecular weight excluding hydrogens is 300 g/mol. The maximum atomic E-state index is 12.1. The van der Waals surface area contributed by atoms with Gasteiger partial charge in [0.15, 0.2) is 0 Å². The van der Waals surface area contributed by atoms with Gasteiger partial charge in [0.05, 0.1) is 18.7 Å². The Kier molecular flexibility index (Phi) is 7.59. The Labute approximate surface area is 135 Å². The van der Waals surface area contributed by atoms with Crippen LogP contribution in [0.25, 0.3) is 0 Å². The molecule has 1 atom stereocenters. The van der Waals surface area contributed by atoms with Crippen LogP contribution in [0.1, 0.15) is 37.0 Å². The van der Waals surface area contributed by atoms with E-state index in [-0.39, 0.29) is 24.9 Å². The first kappa shape index (κ1) is 18.5. The van der Waals surface area contributed by atoms with E-state index in [1.54, 1.807) is 31.2 Å². The van der Waals surface area contributed by atoms with Gasteiger partial charge in [0.1, 0.15) is 5.75 Å². The van der Waals surface area contributed by atoms with E-state index in [9.17, 15) is 14.4 Å². The highest BCUT2D eigenvalue weighted by molar-refractivity contribution is 5.98. The van der Waals surface area contributed by atoms with Crippen LogP contribution in [0.4, 0.5) is 0 Å². The van der Waals surface area contributed by atoms with Crippen molar-refractivity contribution in [3.8, 4) is 5.75 Å². The highest BCUT2D eigenvalue weighted by Crippen LogP contribution is 2.17. The van der Waals surface area contributed by atoms with Crippen molar-refractivity contribution in [3.63, 3.8) is 0 Å². The molecule has 1 rings (SSSR count). The third-order valence-electron chi connectivity index (χ3n) is 3.04. The Balaban J connectivity index is 2.46. The molecular formula is C16H22N2O5. The van der Waals surface area contributed by atoms with Gasteiger partial charge in [-0.3, -0.25) is 14.4 Å². The molecule has 0 fully saturated rings. The van der Waals surface area contributed by atoms with Crippen LogP contribution < -0.4 is 15.4 Å². The Morgan fingerprint density at radius 2 is 1.96 bits per heavy atom. The van der Waals surface area contributed by atoms with E-state index in [0.29, 0.717) is 24.3 Å². The molecule has 0 aromatic heterocycles. The van der Waals surface area contributed by atoms with Crippen molar-refractivity contribution < 1.29 is 24.2 Å². The first-order chi connectivity index (χ1) is 10.9. The smallest absolute Gasteiger partial charge is 0.303 e. The number of para-hydroxylation sites is 1. The summed E-state index contributed by atoms with van der Waals surface area (Å²) in [7, 11) is 0. The molecule has 126 valence electrons. The molecule has 2 amide bonds. The number of rotatable bonds is 9. The number of hydrogen-bond donors (Lipinski definition) is 3. The molecule has 3 N–H and O–H groups in total. The topological polar surface area (TPSA) is 105 Å². The largest absolute Gasteiger partial charge is 0.493 e. The summed E-state index contributed by atoms with van der Waals surface area (Å²) >= 11 is 0. The van der Waals surface area contributed by atoms with Crippen LogP contribution in [-0.4, -0.2) is 42.1 Å². The molecule has 1 aromatic carbocycles. The SMILES string of the molecule is CCOc1ccccc1C(=O)NCC(=O)NC(C)CCC(=O)O. The van der Waals surface area contributed by atoms with Gasteiger partial charge in [-0.2, -0.15) is 0 Å². The van der Waals surface area contributed by atoms with Crippen LogP contribution in [0, 0.1) is 0 Å². The molecule has 1 aromatic rings. The summed E-state index contributed by atoms with van der Waals surface area (Å²) in [5.74, 6) is -1.22. The first-order valence-electron chi connectivity index (χ1n) is 7.45. The summed E-state index contributed by atoms with van der Waals surface area (Å²) in [5, 5.41) is 13.7. The van der Waals surface area contributed by atoms with Gasteiger partial charge in [0.25, 0.3) is 5.91 Å². The Morgan fingerprint density at radius 1 is 1.26 bits per heavy atom. The van der Waals surface area contributed by atoms with Gasteiger partial charge in [-0.1, -0.05) is 12.1 Å². The van der Waals surface area contributed by atoms with E-state index < -0.39 is 11.9 Å². The maximum Gasteiger partial charge on any atom is 0.303 e. The number of carbonyl (C=O) groups is 3. The van der Waals surface area contributed by atoms with Crippen LogP contribution in [0.5, 0.6) is 5.75 Å². The molecule has 0 radical (unpaired) electrons. The van der Waals surface area contributed by atoms with E-state index in [1.807, 2.05) is 6.92 Å². The normalized spacial score (nSPS) is 11.4. The van der Waals surface area contributed by atoms with Crippen molar-refractivity contribution in [1.82, 2.24) is 10.6 Å². The molecule has 0 heterocycles. The zero-order chi connectivity index (χ0) is 17.2. The van der Waals surface area contributed by atoms with Crippen molar-refractivity contribution >= 4 is 17.8 Å². The summed E-state index contributed by atoms with van der Waals surface area (Å²) in [6.45, 7) is 3.79. The third-order valence-corrected chi connectivity index (χ3v) is 3.04. The highest BCUT2D eigenvalue weighted by Gasteiger charge is 2.14. The van der Waals surface area contributed by atoms with Crippen LogP contribution in [-0.2, 0) is 9.59 Å². The number of ether oxygens (including phenoxy) is 1. The van der Waals surface area contributed by atoms with Crippen molar-refractivity contribution in [2.45, 2.75) is 32.7 Å². The number of carboxylic acid groups (broad SMARTS) is 1. The summed E-state index contributed by atoms with van der Waals surface area (Å²) in [6, 6.07) is 6.51.